The molecule has 0 amide bonds. The first-order valence-electron chi connectivity index (χ1n) is 6.43. The zero-order valence-corrected chi connectivity index (χ0v) is 11.8. The zero-order valence-electron chi connectivity index (χ0n) is 11.1. The maximum Gasteiger partial charge on any atom is 0.314 e. The molecule has 1 saturated carbocycles. The summed E-state index contributed by atoms with van der Waals surface area (Å²) in [7, 11) is 1.31. The van der Waals surface area contributed by atoms with Crippen molar-refractivity contribution in [3.05, 3.63) is 22.5 Å². The van der Waals surface area contributed by atoms with Crippen molar-refractivity contribution in [3.63, 3.8) is 0 Å². The molecule has 1 aliphatic rings. The highest BCUT2D eigenvalue weighted by Gasteiger charge is 2.46. The first kappa shape index (κ1) is 14.9. The van der Waals surface area contributed by atoms with Gasteiger partial charge in [-0.3, -0.25) is 4.79 Å². The Bertz CT molecular complexity index is 538. The van der Waals surface area contributed by atoms with Gasteiger partial charge in [0.1, 0.15) is 5.82 Å². The molecule has 20 heavy (non-hydrogen) atoms. The normalized spacial score (nSPS) is 17.8. The molecular formula is C14H16ClFO4. The fourth-order valence-electron chi connectivity index (χ4n) is 2.91. The summed E-state index contributed by atoms with van der Waals surface area (Å²) in [5.74, 6) is -2.51. The molecule has 1 aromatic carbocycles. The van der Waals surface area contributed by atoms with Gasteiger partial charge in [0, 0.05) is 6.07 Å². The molecule has 4 nitrogen and oxygen atoms in total. The number of benzene rings is 1. The van der Waals surface area contributed by atoms with E-state index in [-0.39, 0.29) is 29.2 Å². The van der Waals surface area contributed by atoms with Crippen molar-refractivity contribution in [2.24, 2.45) is 0 Å². The highest BCUT2D eigenvalue weighted by Crippen LogP contribution is 2.49. The number of aliphatic carboxylic acids is 1. The second kappa shape index (κ2) is 5.48. The second-order valence-corrected chi connectivity index (χ2v) is 5.45. The van der Waals surface area contributed by atoms with Gasteiger partial charge in [-0.15, -0.1) is 0 Å². The van der Waals surface area contributed by atoms with Gasteiger partial charge in [0.15, 0.2) is 11.5 Å². The summed E-state index contributed by atoms with van der Waals surface area (Å²) in [4.78, 5) is 11.7. The van der Waals surface area contributed by atoms with Crippen molar-refractivity contribution in [2.75, 3.05) is 7.11 Å². The maximum absolute atomic E-state index is 14.4. The Labute approximate surface area is 121 Å². The van der Waals surface area contributed by atoms with Crippen LogP contribution in [0.4, 0.5) is 4.39 Å². The number of methoxy groups -OCH3 is 1. The Morgan fingerprint density at radius 2 is 2.00 bits per heavy atom. The van der Waals surface area contributed by atoms with Gasteiger partial charge in [-0.25, -0.2) is 4.39 Å². The Kier molecular flexibility index (Phi) is 4.09. The second-order valence-electron chi connectivity index (χ2n) is 5.05. The van der Waals surface area contributed by atoms with E-state index in [2.05, 4.69) is 0 Å². The van der Waals surface area contributed by atoms with Crippen molar-refractivity contribution in [1.29, 1.82) is 0 Å². The van der Waals surface area contributed by atoms with E-state index in [1.54, 1.807) is 0 Å². The molecular weight excluding hydrogens is 287 g/mol. The third-order valence-electron chi connectivity index (χ3n) is 3.97. The number of carbonyl (C=O) groups is 1. The molecule has 0 aromatic heterocycles. The van der Waals surface area contributed by atoms with Crippen LogP contribution in [-0.4, -0.2) is 23.3 Å². The summed E-state index contributed by atoms with van der Waals surface area (Å²) in [5, 5.41) is 19.5. The molecule has 0 radical (unpaired) electrons. The van der Waals surface area contributed by atoms with Crippen molar-refractivity contribution < 1.29 is 24.1 Å². The molecule has 2 rings (SSSR count). The van der Waals surface area contributed by atoms with Crippen molar-refractivity contribution in [1.82, 2.24) is 0 Å². The molecule has 6 heteroatoms. The van der Waals surface area contributed by atoms with Crippen molar-refractivity contribution in [3.8, 4) is 11.5 Å². The van der Waals surface area contributed by atoms with Gasteiger partial charge in [0.05, 0.1) is 23.1 Å². The van der Waals surface area contributed by atoms with Crippen LogP contribution in [0.5, 0.6) is 11.5 Å². The van der Waals surface area contributed by atoms with E-state index in [9.17, 15) is 19.4 Å². The molecule has 0 spiro atoms. The highest BCUT2D eigenvalue weighted by atomic mass is 35.5. The van der Waals surface area contributed by atoms with Crippen LogP contribution in [0.1, 0.15) is 37.7 Å². The predicted molar refractivity (Wildman–Crippen MR) is 72.0 cm³/mol. The Morgan fingerprint density at radius 1 is 1.40 bits per heavy atom. The molecule has 1 aliphatic carbocycles. The lowest BCUT2D eigenvalue weighted by Gasteiger charge is -2.34. The average molecular weight is 303 g/mol. The largest absolute Gasteiger partial charge is 0.504 e. The van der Waals surface area contributed by atoms with Crippen LogP contribution in [-0.2, 0) is 10.2 Å². The van der Waals surface area contributed by atoms with E-state index >= 15 is 0 Å². The summed E-state index contributed by atoms with van der Waals surface area (Å²) in [6, 6.07) is 1.15. The molecule has 1 aromatic rings. The molecule has 110 valence electrons. The highest BCUT2D eigenvalue weighted by molar-refractivity contribution is 6.31. The van der Waals surface area contributed by atoms with Gasteiger partial charge in [0.25, 0.3) is 0 Å². The number of halogens is 2. The number of rotatable bonds is 3. The summed E-state index contributed by atoms with van der Waals surface area (Å²) >= 11 is 5.80. The van der Waals surface area contributed by atoms with Gasteiger partial charge >= 0.3 is 5.97 Å². The van der Waals surface area contributed by atoms with Gasteiger partial charge in [0.2, 0.25) is 0 Å². The van der Waals surface area contributed by atoms with Gasteiger partial charge in [-0.1, -0.05) is 30.9 Å². The zero-order chi connectivity index (χ0) is 14.9. The topological polar surface area (TPSA) is 66.8 Å². The number of carboxylic acids is 1. The van der Waals surface area contributed by atoms with Gasteiger partial charge < -0.3 is 14.9 Å². The van der Waals surface area contributed by atoms with Gasteiger partial charge in [-0.05, 0) is 12.8 Å². The number of hydrogen-bond acceptors (Lipinski definition) is 3. The van der Waals surface area contributed by atoms with Crippen molar-refractivity contribution >= 4 is 17.6 Å². The molecule has 2 N–H and O–H groups in total. The molecule has 1 fully saturated rings. The Hall–Kier alpha value is -1.49. The Morgan fingerprint density at radius 3 is 2.50 bits per heavy atom. The fourth-order valence-corrected chi connectivity index (χ4v) is 3.11. The molecule has 0 saturated heterocycles. The van der Waals surface area contributed by atoms with E-state index < -0.39 is 23.0 Å². The first-order valence-corrected chi connectivity index (χ1v) is 6.80. The van der Waals surface area contributed by atoms with Crippen LogP contribution >= 0.6 is 11.6 Å². The summed E-state index contributed by atoms with van der Waals surface area (Å²) < 4.78 is 19.3. The summed E-state index contributed by atoms with van der Waals surface area (Å²) in [6.45, 7) is 0. The Balaban J connectivity index is 2.70. The molecule has 0 heterocycles. The smallest absolute Gasteiger partial charge is 0.314 e. The van der Waals surface area contributed by atoms with Crippen LogP contribution < -0.4 is 4.74 Å². The average Bonchev–Trinajstić information content (AvgIpc) is 2.44. The minimum absolute atomic E-state index is 0.0161. The van der Waals surface area contributed by atoms with E-state index in [4.69, 9.17) is 16.3 Å². The lowest BCUT2D eigenvalue weighted by Crippen LogP contribution is -2.38. The standard InChI is InChI=1S/C14H16ClFO4/c1-20-9-7-8(15)11(16)10(12(9)17)14(13(18)19)5-3-2-4-6-14/h7,17H,2-6H2,1H3,(H,18,19). The quantitative estimate of drug-likeness (QED) is 0.897. The fraction of sp³-hybridized carbons (Fsp3) is 0.500. The number of hydrogen-bond donors (Lipinski definition) is 2. The summed E-state index contributed by atoms with van der Waals surface area (Å²) in [6.07, 6.45) is 2.78. The van der Waals surface area contributed by atoms with Crippen LogP contribution in [0, 0.1) is 5.82 Å². The number of aromatic hydroxyl groups is 1. The van der Waals surface area contributed by atoms with Crippen molar-refractivity contribution in [2.45, 2.75) is 37.5 Å². The first-order chi connectivity index (χ1) is 9.44. The maximum atomic E-state index is 14.4. The molecule has 0 atom stereocenters. The van der Waals surface area contributed by atoms with Crippen LogP contribution in [0.3, 0.4) is 0 Å². The third kappa shape index (κ3) is 2.20. The monoisotopic (exact) mass is 302 g/mol. The summed E-state index contributed by atoms with van der Waals surface area (Å²) in [5.41, 5.74) is -1.70. The number of ether oxygens (including phenoxy) is 1. The SMILES string of the molecule is COc1cc(Cl)c(F)c(C2(C(=O)O)CCCCC2)c1O. The van der Waals surface area contributed by atoms with Gasteiger partial charge in [-0.2, -0.15) is 0 Å². The van der Waals surface area contributed by atoms with E-state index in [1.807, 2.05) is 0 Å². The van der Waals surface area contributed by atoms with Crippen LogP contribution in [0.2, 0.25) is 5.02 Å². The number of carboxylic acid groups (broad SMARTS) is 1. The van der Waals surface area contributed by atoms with Crippen LogP contribution in [0.25, 0.3) is 0 Å². The molecule has 0 unspecified atom stereocenters. The third-order valence-corrected chi connectivity index (χ3v) is 4.25. The minimum atomic E-state index is -1.44. The van der Waals surface area contributed by atoms with Crippen LogP contribution in [0.15, 0.2) is 6.07 Å². The lowest BCUT2D eigenvalue weighted by atomic mass is 9.69. The van der Waals surface area contributed by atoms with E-state index in [0.717, 1.165) is 12.5 Å². The predicted octanol–water partition coefficient (Wildman–Crippen LogP) is 3.48. The molecule has 0 bridgehead atoms. The number of phenols is 1. The number of phenolic OH excluding ortho intramolecular Hbond substituents is 1. The van der Waals surface area contributed by atoms with E-state index in [0.29, 0.717) is 12.8 Å². The molecule has 0 aliphatic heterocycles. The van der Waals surface area contributed by atoms with E-state index in [1.165, 1.54) is 7.11 Å². The minimum Gasteiger partial charge on any atom is -0.504 e. The lowest BCUT2D eigenvalue weighted by molar-refractivity contribution is -0.145.